The van der Waals surface area contributed by atoms with Crippen molar-refractivity contribution in [3.05, 3.63) is 29.8 Å². The predicted molar refractivity (Wildman–Crippen MR) is 69.8 cm³/mol. The average Bonchev–Trinajstić information content (AvgIpc) is 2.26. The van der Waals surface area contributed by atoms with E-state index in [1.54, 1.807) is 13.0 Å². The maximum Gasteiger partial charge on any atom is 0.402 e. The summed E-state index contributed by atoms with van der Waals surface area (Å²) in [5.74, 6) is 0. The summed E-state index contributed by atoms with van der Waals surface area (Å²) >= 11 is 2.96. The Morgan fingerprint density at radius 3 is 2.42 bits per heavy atom. The van der Waals surface area contributed by atoms with E-state index in [2.05, 4.69) is 15.9 Å². The van der Waals surface area contributed by atoms with Crippen LogP contribution in [0.15, 0.2) is 29.2 Å². The van der Waals surface area contributed by atoms with E-state index >= 15 is 0 Å². The SMILES string of the molecule is Cc1cccc(S(=O)(=O)N(CCBr)CC(F)(F)F)c1. The van der Waals surface area contributed by atoms with Crippen LogP contribution in [-0.4, -0.2) is 37.3 Å². The summed E-state index contributed by atoms with van der Waals surface area (Å²) in [6.45, 7) is -0.0533. The number of rotatable bonds is 5. The minimum Gasteiger partial charge on any atom is -0.207 e. The molecule has 0 atom stereocenters. The Hall–Kier alpha value is -0.600. The second-order valence-corrected chi connectivity index (χ2v) is 6.69. The zero-order valence-corrected chi connectivity index (χ0v) is 12.5. The quantitative estimate of drug-likeness (QED) is 0.758. The van der Waals surface area contributed by atoms with Gasteiger partial charge in [-0.3, -0.25) is 0 Å². The zero-order chi connectivity index (χ0) is 14.7. The summed E-state index contributed by atoms with van der Waals surface area (Å²) in [4.78, 5) is -0.127. The summed E-state index contributed by atoms with van der Waals surface area (Å²) in [5, 5.41) is 0.133. The van der Waals surface area contributed by atoms with Crippen LogP contribution in [0, 0.1) is 6.92 Å². The Morgan fingerprint density at radius 1 is 1.32 bits per heavy atom. The van der Waals surface area contributed by atoms with Gasteiger partial charge >= 0.3 is 6.18 Å². The van der Waals surface area contributed by atoms with Crippen molar-refractivity contribution in [1.29, 1.82) is 0 Å². The van der Waals surface area contributed by atoms with Crippen LogP contribution in [0.1, 0.15) is 5.56 Å². The average molecular weight is 360 g/mol. The van der Waals surface area contributed by atoms with Crippen LogP contribution >= 0.6 is 15.9 Å². The van der Waals surface area contributed by atoms with Crippen LogP contribution in [0.5, 0.6) is 0 Å². The fraction of sp³-hybridized carbons (Fsp3) is 0.455. The number of sulfonamides is 1. The van der Waals surface area contributed by atoms with Gasteiger partial charge in [0.25, 0.3) is 0 Å². The highest BCUT2D eigenvalue weighted by atomic mass is 79.9. The predicted octanol–water partition coefficient (Wildman–Crippen LogP) is 2.94. The van der Waals surface area contributed by atoms with Crippen molar-refractivity contribution in [2.45, 2.75) is 18.0 Å². The molecule has 0 aliphatic heterocycles. The number of alkyl halides is 4. The van der Waals surface area contributed by atoms with Crippen LogP contribution < -0.4 is 0 Å². The van der Waals surface area contributed by atoms with Gasteiger partial charge in [-0.2, -0.15) is 17.5 Å². The van der Waals surface area contributed by atoms with E-state index in [1.165, 1.54) is 18.2 Å². The van der Waals surface area contributed by atoms with E-state index in [1.807, 2.05) is 0 Å². The first-order valence-electron chi connectivity index (χ1n) is 5.36. The third kappa shape index (κ3) is 4.77. The number of nitrogens with zero attached hydrogens (tertiary/aromatic N) is 1. The molecule has 0 aliphatic carbocycles. The molecule has 1 aromatic carbocycles. The van der Waals surface area contributed by atoms with Crippen molar-refractivity contribution in [3.63, 3.8) is 0 Å². The standard InChI is InChI=1S/C11H13BrF3NO2S/c1-9-3-2-4-10(7-9)19(17,18)16(6-5-12)8-11(13,14)15/h2-4,7H,5-6,8H2,1H3. The van der Waals surface area contributed by atoms with Crippen LogP contribution in [0.25, 0.3) is 0 Å². The third-order valence-corrected chi connectivity index (χ3v) is 4.51. The fourth-order valence-electron chi connectivity index (χ4n) is 1.50. The van der Waals surface area contributed by atoms with Gasteiger partial charge in [0.15, 0.2) is 0 Å². The molecule has 0 saturated heterocycles. The number of aryl methyl sites for hydroxylation is 1. The van der Waals surface area contributed by atoms with Crippen LogP contribution in [0.3, 0.4) is 0 Å². The van der Waals surface area contributed by atoms with Crippen LogP contribution in [-0.2, 0) is 10.0 Å². The highest BCUT2D eigenvalue weighted by Crippen LogP contribution is 2.23. The molecule has 8 heteroatoms. The lowest BCUT2D eigenvalue weighted by Gasteiger charge is -2.22. The molecule has 0 amide bonds. The van der Waals surface area contributed by atoms with Gasteiger partial charge in [0.1, 0.15) is 6.54 Å². The van der Waals surface area contributed by atoms with Crippen LogP contribution in [0.2, 0.25) is 0 Å². The minimum atomic E-state index is -4.57. The first-order chi connectivity index (χ1) is 8.66. The highest BCUT2D eigenvalue weighted by molar-refractivity contribution is 9.09. The molecule has 0 radical (unpaired) electrons. The van der Waals surface area contributed by atoms with E-state index in [0.717, 1.165) is 0 Å². The molecule has 1 aromatic rings. The zero-order valence-electron chi connectivity index (χ0n) is 10.1. The Labute approximate surface area is 118 Å². The molecule has 19 heavy (non-hydrogen) atoms. The van der Waals surface area contributed by atoms with Gasteiger partial charge in [0.2, 0.25) is 10.0 Å². The van der Waals surface area contributed by atoms with Crippen molar-refractivity contribution in [3.8, 4) is 0 Å². The first-order valence-corrected chi connectivity index (χ1v) is 7.92. The van der Waals surface area contributed by atoms with Crippen molar-refractivity contribution in [2.75, 3.05) is 18.4 Å². The number of hydrogen-bond acceptors (Lipinski definition) is 2. The van der Waals surface area contributed by atoms with E-state index < -0.39 is 22.7 Å². The van der Waals surface area contributed by atoms with Crippen molar-refractivity contribution < 1.29 is 21.6 Å². The number of benzene rings is 1. The molecular formula is C11H13BrF3NO2S. The monoisotopic (exact) mass is 359 g/mol. The molecule has 0 unspecified atom stereocenters. The minimum absolute atomic E-state index is 0.127. The molecule has 0 fully saturated rings. The molecule has 0 spiro atoms. The molecule has 108 valence electrons. The molecule has 0 N–H and O–H groups in total. The third-order valence-electron chi connectivity index (χ3n) is 2.32. The molecule has 0 aliphatic rings. The molecule has 0 heterocycles. The van der Waals surface area contributed by atoms with E-state index in [9.17, 15) is 21.6 Å². The molecule has 3 nitrogen and oxygen atoms in total. The lowest BCUT2D eigenvalue weighted by atomic mass is 10.2. The lowest BCUT2D eigenvalue weighted by molar-refractivity contribution is -0.135. The maximum atomic E-state index is 12.4. The van der Waals surface area contributed by atoms with Crippen molar-refractivity contribution in [2.24, 2.45) is 0 Å². The van der Waals surface area contributed by atoms with Gasteiger partial charge in [0.05, 0.1) is 4.90 Å². The molecule has 1 rings (SSSR count). The normalized spacial score (nSPS) is 12.9. The Bertz CT molecular complexity index is 531. The summed E-state index contributed by atoms with van der Waals surface area (Å²) < 4.78 is 62.0. The van der Waals surface area contributed by atoms with Gasteiger partial charge in [-0.25, -0.2) is 8.42 Å². The Kier molecular flexibility index (Phi) is 5.40. The van der Waals surface area contributed by atoms with E-state index in [0.29, 0.717) is 9.87 Å². The summed E-state index contributed by atoms with van der Waals surface area (Å²) in [7, 11) is -4.14. The molecule has 0 saturated carbocycles. The lowest BCUT2D eigenvalue weighted by Crippen LogP contribution is -2.40. The fourth-order valence-corrected chi connectivity index (χ4v) is 3.70. The molecular weight excluding hydrogens is 347 g/mol. The topological polar surface area (TPSA) is 37.4 Å². The van der Waals surface area contributed by atoms with Gasteiger partial charge in [-0.15, -0.1) is 0 Å². The maximum absolute atomic E-state index is 12.4. The second-order valence-electron chi connectivity index (χ2n) is 3.96. The van der Waals surface area contributed by atoms with E-state index in [-0.39, 0.29) is 16.8 Å². The smallest absolute Gasteiger partial charge is 0.207 e. The molecule has 0 aromatic heterocycles. The largest absolute Gasteiger partial charge is 0.402 e. The van der Waals surface area contributed by atoms with Gasteiger partial charge in [-0.05, 0) is 24.6 Å². The molecule has 0 bridgehead atoms. The Morgan fingerprint density at radius 2 is 1.95 bits per heavy atom. The number of halogens is 4. The Balaban J connectivity index is 3.13. The number of hydrogen-bond donors (Lipinski definition) is 0. The first kappa shape index (κ1) is 16.5. The van der Waals surface area contributed by atoms with Crippen LogP contribution in [0.4, 0.5) is 13.2 Å². The van der Waals surface area contributed by atoms with Gasteiger partial charge in [0, 0.05) is 11.9 Å². The summed E-state index contributed by atoms with van der Waals surface area (Å²) in [6.07, 6.45) is -4.57. The summed E-state index contributed by atoms with van der Waals surface area (Å²) in [6, 6.07) is 5.83. The van der Waals surface area contributed by atoms with Crippen molar-refractivity contribution in [1.82, 2.24) is 4.31 Å². The van der Waals surface area contributed by atoms with Gasteiger partial charge < -0.3 is 0 Å². The highest BCUT2D eigenvalue weighted by Gasteiger charge is 2.36. The van der Waals surface area contributed by atoms with Crippen molar-refractivity contribution >= 4 is 26.0 Å². The van der Waals surface area contributed by atoms with Gasteiger partial charge in [-0.1, -0.05) is 28.1 Å². The van der Waals surface area contributed by atoms with E-state index in [4.69, 9.17) is 0 Å². The summed E-state index contributed by atoms with van der Waals surface area (Å²) in [5.41, 5.74) is 0.673. The second kappa shape index (κ2) is 6.23.